The number of carbonyl (C=O) groups is 1. The zero-order valence-electron chi connectivity index (χ0n) is 16.8. The molecule has 4 rings (SSSR count). The van der Waals surface area contributed by atoms with Crippen molar-refractivity contribution in [2.45, 2.75) is 30.4 Å². The Hall–Kier alpha value is -2.49. The number of nitrogens with zero attached hydrogens (tertiary/aromatic N) is 3. The zero-order valence-corrected chi connectivity index (χ0v) is 17.6. The molecule has 0 aliphatic carbocycles. The van der Waals surface area contributed by atoms with Crippen LogP contribution in [0.15, 0.2) is 53.7 Å². The Kier molecular flexibility index (Phi) is 6.03. The van der Waals surface area contributed by atoms with Gasteiger partial charge in [0.1, 0.15) is 17.9 Å². The van der Waals surface area contributed by atoms with Gasteiger partial charge >= 0.3 is 0 Å². The molecule has 2 aromatic rings. The highest BCUT2D eigenvalue weighted by Gasteiger charge is 2.46. The lowest BCUT2D eigenvalue weighted by atomic mass is 10.1. The van der Waals surface area contributed by atoms with Gasteiger partial charge in [-0.25, -0.2) is 8.42 Å². The zero-order chi connectivity index (χ0) is 21.1. The number of ether oxygens (including phenoxy) is 2. The fourth-order valence-corrected chi connectivity index (χ4v) is 5.77. The van der Waals surface area contributed by atoms with Gasteiger partial charge in [0.15, 0.2) is 0 Å². The van der Waals surface area contributed by atoms with Gasteiger partial charge in [-0.05, 0) is 30.7 Å². The second-order valence-corrected chi connectivity index (χ2v) is 9.32. The van der Waals surface area contributed by atoms with Crippen LogP contribution in [-0.4, -0.2) is 73.5 Å². The highest BCUT2D eigenvalue weighted by Crippen LogP contribution is 2.31. The van der Waals surface area contributed by atoms with E-state index in [1.165, 1.54) is 4.31 Å². The fourth-order valence-electron chi connectivity index (χ4n) is 3.92. The Morgan fingerprint density at radius 2 is 1.93 bits per heavy atom. The summed E-state index contributed by atoms with van der Waals surface area (Å²) >= 11 is 0. The molecule has 0 saturated carbocycles. The molecule has 1 aromatic carbocycles. The van der Waals surface area contributed by atoms with Crippen molar-refractivity contribution < 1.29 is 22.7 Å². The molecule has 9 heteroatoms. The normalized spacial score (nSPS) is 22.8. The number of aromatic nitrogens is 1. The van der Waals surface area contributed by atoms with E-state index in [9.17, 15) is 13.2 Å². The van der Waals surface area contributed by atoms with Crippen LogP contribution in [0.3, 0.4) is 0 Å². The molecule has 2 aliphatic rings. The maximum atomic E-state index is 13.5. The van der Waals surface area contributed by atoms with Crippen LogP contribution in [0.1, 0.15) is 12.0 Å². The van der Waals surface area contributed by atoms with E-state index < -0.39 is 22.2 Å². The predicted octanol–water partition coefficient (Wildman–Crippen LogP) is 1.46. The Morgan fingerprint density at radius 1 is 1.17 bits per heavy atom. The number of pyridine rings is 1. The number of carbonyl (C=O) groups excluding carboxylic acids is 1. The van der Waals surface area contributed by atoms with E-state index in [-0.39, 0.29) is 23.8 Å². The first-order chi connectivity index (χ1) is 14.5. The van der Waals surface area contributed by atoms with Gasteiger partial charge < -0.3 is 14.4 Å². The second kappa shape index (κ2) is 8.71. The number of rotatable bonds is 5. The van der Waals surface area contributed by atoms with Crippen molar-refractivity contribution in [2.75, 3.05) is 32.8 Å². The summed E-state index contributed by atoms with van der Waals surface area (Å²) in [6.07, 6.45) is 3.07. The summed E-state index contributed by atoms with van der Waals surface area (Å²) in [5.74, 6) is 0.350. The molecule has 2 atom stereocenters. The molecular formula is C21H25N3O5S. The first-order valence-electron chi connectivity index (χ1n) is 9.97. The minimum Gasteiger partial charge on any atom is -0.487 e. The molecule has 2 fully saturated rings. The third-order valence-corrected chi connectivity index (χ3v) is 7.48. The average Bonchev–Trinajstić information content (AvgIpc) is 3.19. The van der Waals surface area contributed by atoms with Gasteiger partial charge in [-0.15, -0.1) is 0 Å². The minimum atomic E-state index is -3.87. The highest BCUT2D eigenvalue weighted by molar-refractivity contribution is 7.89. The van der Waals surface area contributed by atoms with E-state index in [2.05, 4.69) is 4.98 Å². The van der Waals surface area contributed by atoms with Crippen LogP contribution in [0.4, 0.5) is 0 Å². The minimum absolute atomic E-state index is 0.103. The van der Waals surface area contributed by atoms with Crippen molar-refractivity contribution in [1.82, 2.24) is 14.2 Å². The summed E-state index contributed by atoms with van der Waals surface area (Å²) in [7, 11) is -3.87. The van der Waals surface area contributed by atoms with Gasteiger partial charge in [0.25, 0.3) is 0 Å². The lowest BCUT2D eigenvalue weighted by Gasteiger charge is -2.32. The van der Waals surface area contributed by atoms with Gasteiger partial charge in [-0.1, -0.05) is 18.2 Å². The Labute approximate surface area is 176 Å². The second-order valence-electron chi connectivity index (χ2n) is 7.46. The summed E-state index contributed by atoms with van der Waals surface area (Å²) < 4.78 is 39.6. The smallest absolute Gasteiger partial charge is 0.244 e. The standard InChI is InChI=1S/C21H25N3O5S/c1-16-5-2-3-7-20(16)30(26,27)24-15-18(29-17-6-4-8-22-14-17)13-19(24)21(25)23-9-11-28-12-10-23/h2-8,14,18-19H,9-13,15H2,1H3/t18-,19-/m0/s1. The van der Waals surface area contributed by atoms with Gasteiger partial charge in [-0.2, -0.15) is 4.31 Å². The molecule has 0 N–H and O–H groups in total. The maximum absolute atomic E-state index is 13.5. The Balaban J connectivity index is 1.63. The van der Waals surface area contributed by atoms with Crippen LogP contribution in [0.2, 0.25) is 0 Å². The predicted molar refractivity (Wildman–Crippen MR) is 110 cm³/mol. The van der Waals surface area contributed by atoms with Gasteiger partial charge in [0, 0.05) is 25.7 Å². The number of amides is 1. The highest BCUT2D eigenvalue weighted by atomic mass is 32.2. The fraction of sp³-hybridized carbons (Fsp3) is 0.429. The first kappa shape index (κ1) is 20.8. The molecule has 8 nitrogen and oxygen atoms in total. The van der Waals surface area contributed by atoms with Gasteiger partial charge in [0.05, 0.1) is 30.9 Å². The summed E-state index contributed by atoms with van der Waals surface area (Å²) in [6.45, 7) is 3.69. The van der Waals surface area contributed by atoms with E-state index >= 15 is 0 Å². The Bertz CT molecular complexity index is 993. The first-order valence-corrected chi connectivity index (χ1v) is 11.4. The molecule has 2 aliphatic heterocycles. The average molecular weight is 432 g/mol. The molecule has 0 bridgehead atoms. The van der Waals surface area contributed by atoms with E-state index in [4.69, 9.17) is 9.47 Å². The quantitative estimate of drug-likeness (QED) is 0.712. The number of morpholine rings is 1. The molecule has 160 valence electrons. The molecule has 1 aromatic heterocycles. The third kappa shape index (κ3) is 4.19. The van der Waals surface area contributed by atoms with Crippen LogP contribution in [0.5, 0.6) is 5.75 Å². The Morgan fingerprint density at radius 3 is 2.63 bits per heavy atom. The lowest BCUT2D eigenvalue weighted by molar-refractivity contribution is -0.138. The molecule has 0 spiro atoms. The summed E-state index contributed by atoms with van der Waals surface area (Å²) in [6, 6.07) is 9.53. The number of aryl methyl sites for hydroxylation is 1. The monoisotopic (exact) mass is 431 g/mol. The van der Waals surface area contributed by atoms with Crippen LogP contribution in [-0.2, 0) is 19.6 Å². The van der Waals surface area contributed by atoms with Crippen molar-refractivity contribution in [3.8, 4) is 5.75 Å². The summed E-state index contributed by atoms with van der Waals surface area (Å²) in [5.41, 5.74) is 0.645. The van der Waals surface area contributed by atoms with Crippen LogP contribution >= 0.6 is 0 Å². The molecule has 30 heavy (non-hydrogen) atoms. The number of benzene rings is 1. The molecule has 1 amide bonds. The van der Waals surface area contributed by atoms with Crippen LogP contribution in [0.25, 0.3) is 0 Å². The van der Waals surface area contributed by atoms with Crippen molar-refractivity contribution >= 4 is 15.9 Å². The molecule has 3 heterocycles. The van der Waals surface area contributed by atoms with E-state index in [1.807, 2.05) is 0 Å². The largest absolute Gasteiger partial charge is 0.487 e. The van der Waals surface area contributed by atoms with E-state index in [1.54, 1.807) is 60.6 Å². The van der Waals surface area contributed by atoms with Crippen molar-refractivity contribution in [3.63, 3.8) is 0 Å². The van der Waals surface area contributed by atoms with Crippen molar-refractivity contribution in [2.24, 2.45) is 0 Å². The number of sulfonamides is 1. The van der Waals surface area contributed by atoms with Crippen LogP contribution in [0, 0.1) is 6.92 Å². The van der Waals surface area contributed by atoms with Crippen molar-refractivity contribution in [3.05, 3.63) is 54.4 Å². The molecule has 2 saturated heterocycles. The molecule has 0 unspecified atom stereocenters. The molecular weight excluding hydrogens is 406 g/mol. The van der Waals surface area contributed by atoms with Gasteiger partial charge in [-0.3, -0.25) is 9.78 Å². The summed E-state index contributed by atoms with van der Waals surface area (Å²) in [5, 5.41) is 0. The van der Waals surface area contributed by atoms with E-state index in [0.717, 1.165) is 0 Å². The SMILES string of the molecule is Cc1ccccc1S(=O)(=O)N1C[C@@H](Oc2cccnc2)C[C@H]1C(=O)N1CCOCC1. The topological polar surface area (TPSA) is 89.0 Å². The third-order valence-electron chi connectivity index (χ3n) is 5.44. The van der Waals surface area contributed by atoms with Gasteiger partial charge in [0.2, 0.25) is 15.9 Å². The van der Waals surface area contributed by atoms with E-state index in [0.29, 0.717) is 37.6 Å². The lowest BCUT2D eigenvalue weighted by Crippen LogP contribution is -2.51. The van der Waals surface area contributed by atoms with Crippen molar-refractivity contribution in [1.29, 1.82) is 0 Å². The van der Waals surface area contributed by atoms with Crippen LogP contribution < -0.4 is 4.74 Å². The number of hydrogen-bond donors (Lipinski definition) is 0. The summed E-state index contributed by atoms with van der Waals surface area (Å²) in [4.78, 5) is 19.2. The number of hydrogen-bond acceptors (Lipinski definition) is 6. The maximum Gasteiger partial charge on any atom is 0.244 e. The molecule has 0 radical (unpaired) electrons.